The van der Waals surface area contributed by atoms with E-state index in [9.17, 15) is 9.59 Å². The third kappa shape index (κ3) is 5.32. The van der Waals surface area contributed by atoms with Gasteiger partial charge in [-0.05, 0) is 47.5 Å². The summed E-state index contributed by atoms with van der Waals surface area (Å²) in [6.07, 6.45) is 5.95. The van der Waals surface area contributed by atoms with Crippen LogP contribution in [0.3, 0.4) is 0 Å². The average molecular weight is 445 g/mol. The normalized spacial score (nSPS) is 15.5. The van der Waals surface area contributed by atoms with Crippen molar-refractivity contribution in [3.8, 4) is 0 Å². The lowest BCUT2D eigenvalue weighted by atomic mass is 9.93. The van der Waals surface area contributed by atoms with Gasteiger partial charge in [0.1, 0.15) is 6.54 Å². The minimum absolute atomic E-state index is 0.0213. The van der Waals surface area contributed by atoms with Gasteiger partial charge in [0.2, 0.25) is 11.8 Å². The third-order valence-corrected chi connectivity index (χ3v) is 6.74. The number of halogens is 1. The fraction of sp³-hybridized carbons (Fsp3) is 0.417. The van der Waals surface area contributed by atoms with E-state index < -0.39 is 0 Å². The predicted molar refractivity (Wildman–Crippen MR) is 124 cm³/mol. The van der Waals surface area contributed by atoms with Crippen LogP contribution in [0.4, 0.5) is 0 Å². The minimum Gasteiger partial charge on any atom is -0.330 e. The largest absolute Gasteiger partial charge is 0.330 e. The van der Waals surface area contributed by atoms with Gasteiger partial charge < -0.3 is 9.80 Å². The molecule has 160 valence electrons. The van der Waals surface area contributed by atoms with Crippen molar-refractivity contribution < 1.29 is 9.59 Å². The Morgan fingerprint density at radius 1 is 1.27 bits per heavy atom. The van der Waals surface area contributed by atoms with E-state index in [2.05, 4.69) is 24.9 Å². The van der Waals surface area contributed by atoms with E-state index in [1.807, 2.05) is 29.2 Å². The Labute approximate surface area is 188 Å². The number of hydrogen-bond donors (Lipinski definition) is 0. The molecular formula is C24H29ClN2O2S. The number of fused-ring (bicyclic) bond motifs is 1. The molecule has 4 nitrogen and oxygen atoms in total. The fourth-order valence-electron chi connectivity index (χ4n) is 3.94. The second-order valence-corrected chi connectivity index (χ2v) is 9.05. The van der Waals surface area contributed by atoms with Gasteiger partial charge in [0.25, 0.3) is 0 Å². The van der Waals surface area contributed by atoms with Gasteiger partial charge in [-0.3, -0.25) is 9.59 Å². The summed E-state index contributed by atoms with van der Waals surface area (Å²) in [6, 6.07) is 9.65. The number of carbonyl (C=O) groups is 2. The maximum absolute atomic E-state index is 13.4. The van der Waals surface area contributed by atoms with E-state index >= 15 is 0 Å². The highest BCUT2D eigenvalue weighted by Crippen LogP contribution is 2.38. The number of thiophene rings is 1. The highest BCUT2D eigenvalue weighted by molar-refractivity contribution is 7.10. The summed E-state index contributed by atoms with van der Waals surface area (Å²) in [5, 5.41) is 2.76. The lowest BCUT2D eigenvalue weighted by Gasteiger charge is -2.37. The van der Waals surface area contributed by atoms with Gasteiger partial charge in [-0.25, -0.2) is 0 Å². The molecule has 1 unspecified atom stereocenters. The van der Waals surface area contributed by atoms with Crippen LogP contribution in [0.15, 0.2) is 48.4 Å². The Balaban J connectivity index is 1.80. The van der Waals surface area contributed by atoms with Crippen molar-refractivity contribution in [2.45, 2.75) is 45.1 Å². The van der Waals surface area contributed by atoms with Crippen molar-refractivity contribution in [1.82, 2.24) is 9.80 Å². The van der Waals surface area contributed by atoms with Crippen LogP contribution >= 0.6 is 22.9 Å². The molecule has 6 heteroatoms. The summed E-state index contributed by atoms with van der Waals surface area (Å²) in [5.74, 6) is -0.00883. The number of nitrogens with zero attached hydrogens (tertiary/aromatic N) is 2. The number of rotatable bonds is 9. The van der Waals surface area contributed by atoms with Crippen LogP contribution < -0.4 is 0 Å². The molecule has 1 aliphatic heterocycles. The Bertz CT molecular complexity index is 878. The van der Waals surface area contributed by atoms with Crippen LogP contribution in [0.1, 0.15) is 54.7 Å². The van der Waals surface area contributed by atoms with E-state index in [1.54, 1.807) is 22.3 Å². The average Bonchev–Trinajstić information content (AvgIpc) is 3.22. The quantitative estimate of drug-likeness (QED) is 0.380. The predicted octanol–water partition coefficient (Wildman–Crippen LogP) is 5.47. The SMILES string of the molecule is C=CCN(CC(=O)N1CCc2sccc2C1c1ccc(Cl)cc1)C(=O)CCCCC. The Hall–Kier alpha value is -2.11. The molecule has 0 saturated carbocycles. The number of unbranched alkanes of at least 4 members (excludes halogenated alkanes) is 2. The molecule has 2 aromatic rings. The van der Waals surface area contributed by atoms with Gasteiger partial charge in [-0.15, -0.1) is 17.9 Å². The molecule has 0 N–H and O–H groups in total. The van der Waals surface area contributed by atoms with Crippen LogP contribution in [0.5, 0.6) is 0 Å². The smallest absolute Gasteiger partial charge is 0.243 e. The van der Waals surface area contributed by atoms with Crippen LogP contribution in [0, 0.1) is 0 Å². The summed E-state index contributed by atoms with van der Waals surface area (Å²) in [6.45, 7) is 6.99. The third-order valence-electron chi connectivity index (χ3n) is 5.49. The van der Waals surface area contributed by atoms with Crippen molar-refractivity contribution in [3.05, 3.63) is 69.4 Å². The molecule has 0 saturated heterocycles. The number of amides is 2. The Morgan fingerprint density at radius 2 is 2.03 bits per heavy atom. The molecule has 0 bridgehead atoms. The zero-order chi connectivity index (χ0) is 21.5. The van der Waals surface area contributed by atoms with Crippen LogP contribution in [-0.2, 0) is 16.0 Å². The lowest BCUT2D eigenvalue weighted by Crippen LogP contribution is -2.46. The molecule has 1 aromatic carbocycles. The molecular weight excluding hydrogens is 416 g/mol. The topological polar surface area (TPSA) is 40.6 Å². The Kier molecular flexibility index (Phi) is 8.11. The first-order chi connectivity index (χ1) is 14.5. The second-order valence-electron chi connectivity index (χ2n) is 7.61. The van der Waals surface area contributed by atoms with E-state index in [1.165, 1.54) is 10.4 Å². The highest BCUT2D eigenvalue weighted by Gasteiger charge is 2.33. The summed E-state index contributed by atoms with van der Waals surface area (Å²) in [7, 11) is 0. The molecule has 1 aromatic heterocycles. The van der Waals surface area contributed by atoms with Crippen LogP contribution in [0.2, 0.25) is 5.02 Å². The van der Waals surface area contributed by atoms with Crippen molar-refractivity contribution >= 4 is 34.8 Å². The van der Waals surface area contributed by atoms with Crippen LogP contribution in [-0.4, -0.2) is 41.2 Å². The van der Waals surface area contributed by atoms with Gasteiger partial charge in [0.05, 0.1) is 6.04 Å². The summed E-state index contributed by atoms with van der Waals surface area (Å²) in [4.78, 5) is 30.9. The first-order valence-corrected chi connectivity index (χ1v) is 11.8. The van der Waals surface area contributed by atoms with Crippen molar-refractivity contribution in [1.29, 1.82) is 0 Å². The maximum Gasteiger partial charge on any atom is 0.243 e. The number of benzene rings is 1. The van der Waals surface area contributed by atoms with Gasteiger partial charge in [0.15, 0.2) is 0 Å². The minimum atomic E-state index is -0.148. The van der Waals surface area contributed by atoms with Gasteiger partial charge in [0, 0.05) is 29.4 Å². The number of hydrogen-bond acceptors (Lipinski definition) is 3. The van der Waals surface area contributed by atoms with E-state index in [-0.39, 0.29) is 24.4 Å². The first-order valence-electron chi connectivity index (χ1n) is 10.5. The van der Waals surface area contributed by atoms with Gasteiger partial charge in [-0.1, -0.05) is 49.6 Å². The molecule has 2 amide bonds. The second kappa shape index (κ2) is 10.8. The molecule has 0 spiro atoms. The van der Waals surface area contributed by atoms with E-state index in [0.29, 0.717) is 24.5 Å². The fourth-order valence-corrected chi connectivity index (χ4v) is 4.97. The first kappa shape index (κ1) is 22.6. The lowest BCUT2D eigenvalue weighted by molar-refractivity contribution is -0.141. The van der Waals surface area contributed by atoms with Crippen molar-refractivity contribution in [3.63, 3.8) is 0 Å². The summed E-state index contributed by atoms with van der Waals surface area (Å²) >= 11 is 7.82. The molecule has 0 radical (unpaired) electrons. The van der Waals surface area contributed by atoms with E-state index in [0.717, 1.165) is 31.2 Å². The molecule has 1 aliphatic rings. The summed E-state index contributed by atoms with van der Waals surface area (Å²) < 4.78 is 0. The maximum atomic E-state index is 13.4. The molecule has 1 atom stereocenters. The zero-order valence-corrected chi connectivity index (χ0v) is 19.1. The monoisotopic (exact) mass is 444 g/mol. The highest BCUT2D eigenvalue weighted by atomic mass is 35.5. The number of carbonyl (C=O) groups excluding carboxylic acids is 2. The van der Waals surface area contributed by atoms with Gasteiger partial charge >= 0.3 is 0 Å². The van der Waals surface area contributed by atoms with Crippen molar-refractivity contribution in [2.24, 2.45) is 0 Å². The summed E-state index contributed by atoms with van der Waals surface area (Å²) in [5.41, 5.74) is 2.21. The molecule has 3 rings (SSSR count). The van der Waals surface area contributed by atoms with Gasteiger partial charge in [-0.2, -0.15) is 0 Å². The standard InChI is InChI=1S/C24H29ClN2O2S/c1-3-5-6-7-22(28)26(14-4-2)17-23(29)27-15-12-21-20(13-16-30-21)24(27)18-8-10-19(25)11-9-18/h4,8-11,13,16,24H,2-3,5-7,12,14-15,17H2,1H3. The van der Waals surface area contributed by atoms with E-state index in [4.69, 9.17) is 11.6 Å². The molecule has 0 fully saturated rings. The molecule has 0 aliphatic carbocycles. The van der Waals surface area contributed by atoms with Crippen molar-refractivity contribution in [2.75, 3.05) is 19.6 Å². The molecule has 30 heavy (non-hydrogen) atoms. The van der Waals surface area contributed by atoms with Crippen LogP contribution in [0.25, 0.3) is 0 Å². The zero-order valence-electron chi connectivity index (χ0n) is 17.5. The molecule has 2 heterocycles. The Morgan fingerprint density at radius 3 is 2.73 bits per heavy atom.